The second kappa shape index (κ2) is 4.54. The summed E-state index contributed by atoms with van der Waals surface area (Å²) in [5.74, 6) is 0.979. The van der Waals surface area contributed by atoms with Crippen molar-refractivity contribution >= 4 is 33.3 Å². The van der Waals surface area contributed by atoms with Crippen LogP contribution in [0.4, 0.5) is 5.82 Å². The Bertz CT molecular complexity index is 404. The molecule has 0 saturated heterocycles. The van der Waals surface area contributed by atoms with Crippen molar-refractivity contribution < 1.29 is 0 Å². The third-order valence-corrected chi connectivity index (χ3v) is 3.21. The second-order valence-electron chi connectivity index (χ2n) is 3.72. The number of nitrogens with zero attached hydrogens (tertiary/aromatic N) is 2. The molecule has 1 aromatic rings. The van der Waals surface area contributed by atoms with E-state index in [0.29, 0.717) is 5.02 Å². The van der Waals surface area contributed by atoms with Gasteiger partial charge in [0.15, 0.2) is 0 Å². The summed E-state index contributed by atoms with van der Waals surface area (Å²) in [6.45, 7) is 4.12. The van der Waals surface area contributed by atoms with E-state index < -0.39 is 0 Å². The van der Waals surface area contributed by atoms with Crippen LogP contribution in [0.25, 0.3) is 0 Å². The summed E-state index contributed by atoms with van der Waals surface area (Å²) in [6, 6.07) is 1.89. The van der Waals surface area contributed by atoms with Crippen molar-refractivity contribution in [3.8, 4) is 0 Å². The summed E-state index contributed by atoms with van der Waals surface area (Å²) in [5, 5.41) is 0.662. The molecular formula is C11H12BrClN2. The van der Waals surface area contributed by atoms with E-state index in [0.717, 1.165) is 29.8 Å². The van der Waals surface area contributed by atoms with E-state index in [9.17, 15) is 0 Å². The first-order valence-corrected chi connectivity index (χ1v) is 6.05. The molecule has 0 spiro atoms. The highest BCUT2D eigenvalue weighted by Crippen LogP contribution is 2.28. The molecule has 2 rings (SSSR count). The van der Waals surface area contributed by atoms with Gasteiger partial charge < -0.3 is 4.90 Å². The lowest BCUT2D eigenvalue weighted by Gasteiger charge is -2.27. The fourth-order valence-corrected chi connectivity index (χ4v) is 2.62. The van der Waals surface area contributed by atoms with Crippen LogP contribution in [0.15, 0.2) is 28.4 Å². The van der Waals surface area contributed by atoms with Gasteiger partial charge in [0.05, 0.1) is 9.50 Å². The summed E-state index contributed by atoms with van der Waals surface area (Å²) in [5.41, 5.74) is 1.39. The number of hydrogen-bond acceptors (Lipinski definition) is 2. The van der Waals surface area contributed by atoms with E-state index in [2.05, 4.69) is 38.8 Å². The van der Waals surface area contributed by atoms with E-state index in [1.807, 2.05) is 6.07 Å². The van der Waals surface area contributed by atoms with Crippen molar-refractivity contribution in [2.75, 3.05) is 18.0 Å². The summed E-state index contributed by atoms with van der Waals surface area (Å²) in [4.78, 5) is 6.62. The monoisotopic (exact) mass is 286 g/mol. The highest BCUT2D eigenvalue weighted by molar-refractivity contribution is 9.10. The average molecular weight is 288 g/mol. The molecule has 1 aliphatic rings. The molecule has 0 unspecified atom stereocenters. The number of pyridine rings is 1. The normalized spacial score (nSPS) is 16.5. The second-order valence-corrected chi connectivity index (χ2v) is 5.01. The molecule has 0 radical (unpaired) electrons. The minimum atomic E-state index is 0.662. The van der Waals surface area contributed by atoms with E-state index in [-0.39, 0.29) is 0 Å². The van der Waals surface area contributed by atoms with E-state index in [4.69, 9.17) is 11.6 Å². The molecule has 0 aliphatic carbocycles. The van der Waals surface area contributed by atoms with Crippen LogP contribution in [-0.4, -0.2) is 18.1 Å². The van der Waals surface area contributed by atoms with Gasteiger partial charge in [-0.3, -0.25) is 0 Å². The molecule has 0 amide bonds. The Morgan fingerprint density at radius 3 is 3.00 bits per heavy atom. The molecule has 0 aromatic carbocycles. The van der Waals surface area contributed by atoms with Crippen LogP contribution in [0.2, 0.25) is 5.02 Å². The largest absolute Gasteiger partial charge is 0.351 e. The summed E-state index contributed by atoms with van der Waals surface area (Å²) < 4.78 is 0.963. The first kappa shape index (κ1) is 11.0. The molecule has 1 aromatic heterocycles. The Balaban J connectivity index is 2.26. The molecule has 80 valence electrons. The van der Waals surface area contributed by atoms with Crippen molar-refractivity contribution in [1.82, 2.24) is 4.98 Å². The Kier molecular flexibility index (Phi) is 3.32. The van der Waals surface area contributed by atoms with Gasteiger partial charge in [-0.15, -0.1) is 0 Å². The van der Waals surface area contributed by atoms with Crippen molar-refractivity contribution in [3.63, 3.8) is 0 Å². The van der Waals surface area contributed by atoms with Gasteiger partial charge in [-0.2, -0.15) is 0 Å². The average Bonchev–Trinajstić information content (AvgIpc) is 2.17. The molecule has 15 heavy (non-hydrogen) atoms. The summed E-state index contributed by atoms with van der Waals surface area (Å²) >= 11 is 9.36. The van der Waals surface area contributed by atoms with Crippen molar-refractivity contribution in [1.29, 1.82) is 0 Å². The van der Waals surface area contributed by atoms with Crippen LogP contribution in [0, 0.1) is 0 Å². The van der Waals surface area contributed by atoms with Gasteiger partial charge in [0, 0.05) is 19.3 Å². The third-order valence-electron chi connectivity index (χ3n) is 2.42. The predicted octanol–water partition coefficient (Wildman–Crippen LogP) is 3.65. The maximum atomic E-state index is 5.86. The van der Waals surface area contributed by atoms with Gasteiger partial charge in [0.2, 0.25) is 0 Å². The van der Waals surface area contributed by atoms with E-state index in [1.54, 1.807) is 6.20 Å². The Morgan fingerprint density at radius 1 is 1.53 bits per heavy atom. The number of aromatic nitrogens is 1. The first-order valence-electron chi connectivity index (χ1n) is 4.88. The van der Waals surface area contributed by atoms with Crippen LogP contribution < -0.4 is 4.90 Å². The van der Waals surface area contributed by atoms with Gasteiger partial charge in [0.1, 0.15) is 5.82 Å². The molecule has 4 heteroatoms. The molecule has 1 aliphatic heterocycles. The molecule has 0 atom stereocenters. The van der Waals surface area contributed by atoms with E-state index >= 15 is 0 Å². The number of halogens is 2. The molecule has 2 heterocycles. The van der Waals surface area contributed by atoms with Gasteiger partial charge in [-0.1, -0.05) is 23.3 Å². The fourth-order valence-electron chi connectivity index (χ4n) is 1.73. The molecule has 0 fully saturated rings. The topological polar surface area (TPSA) is 16.1 Å². The van der Waals surface area contributed by atoms with Crippen LogP contribution >= 0.6 is 27.5 Å². The quantitative estimate of drug-likeness (QED) is 0.733. The summed E-state index contributed by atoms with van der Waals surface area (Å²) in [7, 11) is 0. The third kappa shape index (κ3) is 2.52. The zero-order valence-electron chi connectivity index (χ0n) is 8.50. The maximum Gasteiger partial charge on any atom is 0.143 e. The predicted molar refractivity (Wildman–Crippen MR) is 67.5 cm³/mol. The standard InChI is InChI=1S/C11H12BrClN2/c1-8-3-2-4-15(7-8)11-10(12)5-9(13)6-14-11/h3,5-6H,2,4,7H2,1H3. The SMILES string of the molecule is CC1=CCCN(c2ncc(Cl)cc2Br)C1. The lowest BCUT2D eigenvalue weighted by atomic mass is 10.1. The van der Waals surface area contributed by atoms with Gasteiger partial charge in [0.25, 0.3) is 0 Å². The lowest BCUT2D eigenvalue weighted by molar-refractivity contribution is 0.776. The summed E-state index contributed by atoms with van der Waals surface area (Å²) in [6.07, 6.45) is 5.05. The molecule has 2 nitrogen and oxygen atoms in total. The van der Waals surface area contributed by atoms with Gasteiger partial charge in [-0.25, -0.2) is 4.98 Å². The number of hydrogen-bond donors (Lipinski definition) is 0. The lowest BCUT2D eigenvalue weighted by Crippen LogP contribution is -2.30. The fraction of sp³-hybridized carbons (Fsp3) is 0.364. The number of anilines is 1. The van der Waals surface area contributed by atoms with Crippen LogP contribution in [-0.2, 0) is 0 Å². The highest BCUT2D eigenvalue weighted by Gasteiger charge is 2.14. The first-order chi connectivity index (χ1) is 7.16. The molecule has 0 saturated carbocycles. The molecule has 0 N–H and O–H groups in total. The highest BCUT2D eigenvalue weighted by atomic mass is 79.9. The van der Waals surface area contributed by atoms with Crippen molar-refractivity contribution in [2.45, 2.75) is 13.3 Å². The van der Waals surface area contributed by atoms with Crippen LogP contribution in [0.3, 0.4) is 0 Å². The smallest absolute Gasteiger partial charge is 0.143 e. The zero-order valence-corrected chi connectivity index (χ0v) is 10.8. The minimum Gasteiger partial charge on any atom is -0.351 e. The Labute approximate surface area is 103 Å². The maximum absolute atomic E-state index is 5.86. The van der Waals surface area contributed by atoms with E-state index in [1.165, 1.54) is 5.57 Å². The van der Waals surface area contributed by atoms with Gasteiger partial charge in [-0.05, 0) is 35.3 Å². The number of rotatable bonds is 1. The molecular weight excluding hydrogens is 275 g/mol. The Morgan fingerprint density at radius 2 is 2.33 bits per heavy atom. The van der Waals surface area contributed by atoms with Crippen LogP contribution in [0.5, 0.6) is 0 Å². The van der Waals surface area contributed by atoms with Crippen molar-refractivity contribution in [3.05, 3.63) is 33.4 Å². The zero-order chi connectivity index (χ0) is 10.8. The Hall–Kier alpha value is -0.540. The minimum absolute atomic E-state index is 0.662. The van der Waals surface area contributed by atoms with Gasteiger partial charge >= 0.3 is 0 Å². The molecule has 0 bridgehead atoms. The van der Waals surface area contributed by atoms with Crippen LogP contribution in [0.1, 0.15) is 13.3 Å². The van der Waals surface area contributed by atoms with Crippen molar-refractivity contribution in [2.24, 2.45) is 0 Å².